The van der Waals surface area contributed by atoms with Gasteiger partial charge >= 0.3 is 0 Å². The zero-order chi connectivity index (χ0) is 20.1. The number of nitrogens with zero attached hydrogens (tertiary/aromatic N) is 1. The van der Waals surface area contributed by atoms with Crippen molar-refractivity contribution < 1.29 is 17.6 Å². The van der Waals surface area contributed by atoms with Crippen molar-refractivity contribution in [2.45, 2.75) is 4.90 Å². The Morgan fingerprint density at radius 1 is 0.964 bits per heavy atom. The fraction of sp³-hybridized carbons (Fsp3) is 0. The summed E-state index contributed by atoms with van der Waals surface area (Å²) < 4.78 is 40.9. The van der Waals surface area contributed by atoms with Crippen molar-refractivity contribution in [3.05, 3.63) is 89.7 Å². The highest BCUT2D eigenvalue weighted by Crippen LogP contribution is 2.21. The molecule has 0 heterocycles. The van der Waals surface area contributed by atoms with Gasteiger partial charge in [0, 0.05) is 11.3 Å². The quantitative estimate of drug-likeness (QED) is 0.687. The summed E-state index contributed by atoms with van der Waals surface area (Å²) in [5.74, 6) is -1.09. The molecule has 0 fully saturated rings. The van der Waals surface area contributed by atoms with Gasteiger partial charge in [-0.1, -0.05) is 24.3 Å². The predicted octanol–water partition coefficient (Wildman–Crippen LogP) is 3.75. The first-order valence-corrected chi connectivity index (χ1v) is 9.56. The number of hydrogen-bond acceptors (Lipinski definition) is 4. The van der Waals surface area contributed by atoms with Gasteiger partial charge in [0.2, 0.25) is 0 Å². The summed E-state index contributed by atoms with van der Waals surface area (Å²) in [5.41, 5.74) is 0.644. The largest absolute Gasteiger partial charge is 0.322 e. The van der Waals surface area contributed by atoms with Crippen molar-refractivity contribution in [1.82, 2.24) is 0 Å². The van der Waals surface area contributed by atoms with Crippen LogP contribution in [0.1, 0.15) is 15.9 Å². The Morgan fingerprint density at radius 2 is 1.71 bits per heavy atom. The first kappa shape index (κ1) is 19.1. The normalized spacial score (nSPS) is 10.7. The van der Waals surface area contributed by atoms with E-state index in [2.05, 4.69) is 10.0 Å². The molecular formula is C20H14FN3O3S. The number of para-hydroxylation sites is 1. The Kier molecular flexibility index (Phi) is 5.38. The van der Waals surface area contributed by atoms with Crippen LogP contribution in [-0.4, -0.2) is 14.3 Å². The number of hydrogen-bond donors (Lipinski definition) is 2. The number of benzene rings is 3. The molecule has 3 aromatic rings. The molecule has 0 unspecified atom stereocenters. The molecule has 2 N–H and O–H groups in total. The Hall–Kier alpha value is -3.70. The lowest BCUT2D eigenvalue weighted by Gasteiger charge is -2.11. The molecule has 28 heavy (non-hydrogen) atoms. The number of anilines is 2. The van der Waals surface area contributed by atoms with Crippen LogP contribution in [0.5, 0.6) is 0 Å². The zero-order valence-corrected chi connectivity index (χ0v) is 15.2. The maximum absolute atomic E-state index is 13.2. The lowest BCUT2D eigenvalue weighted by molar-refractivity contribution is 0.102. The molecule has 0 atom stereocenters. The molecule has 3 rings (SSSR count). The number of carbonyl (C=O) groups excluding carboxylic acids is 1. The molecule has 0 aromatic heterocycles. The summed E-state index contributed by atoms with van der Waals surface area (Å²) in [4.78, 5) is 12.2. The van der Waals surface area contributed by atoms with Crippen molar-refractivity contribution in [2.24, 2.45) is 0 Å². The van der Waals surface area contributed by atoms with E-state index in [0.717, 1.165) is 6.07 Å². The van der Waals surface area contributed by atoms with Crippen molar-refractivity contribution in [3.63, 3.8) is 0 Å². The van der Waals surface area contributed by atoms with Gasteiger partial charge in [-0.15, -0.1) is 0 Å². The number of halogens is 1. The second kappa shape index (κ2) is 7.90. The summed E-state index contributed by atoms with van der Waals surface area (Å²) in [5, 5.41) is 11.6. The van der Waals surface area contributed by atoms with E-state index < -0.39 is 21.7 Å². The monoisotopic (exact) mass is 395 g/mol. The Balaban J connectivity index is 1.86. The highest BCUT2D eigenvalue weighted by atomic mass is 32.2. The van der Waals surface area contributed by atoms with E-state index in [0.29, 0.717) is 0 Å². The Labute approximate surface area is 161 Å². The summed E-state index contributed by atoms with van der Waals surface area (Å²) in [6.45, 7) is 0. The fourth-order valence-corrected chi connectivity index (χ4v) is 3.57. The molecule has 0 bridgehead atoms. The lowest BCUT2D eigenvalue weighted by atomic mass is 10.2. The third-order valence-corrected chi connectivity index (χ3v) is 5.14. The standard InChI is InChI=1S/C20H14FN3O3S/c21-16-7-4-8-17(12-16)23-20(25)14-6-3-9-18(11-14)28(26,27)24-19-10-2-1-5-15(19)13-22/h1-12,24H,(H,23,25). The smallest absolute Gasteiger partial charge is 0.261 e. The number of nitrogens with one attached hydrogen (secondary N) is 2. The van der Waals surface area contributed by atoms with Gasteiger partial charge in [-0.3, -0.25) is 9.52 Å². The van der Waals surface area contributed by atoms with Crippen LogP contribution in [0.25, 0.3) is 0 Å². The van der Waals surface area contributed by atoms with E-state index in [9.17, 15) is 17.6 Å². The first-order chi connectivity index (χ1) is 13.4. The van der Waals surface area contributed by atoms with E-state index in [4.69, 9.17) is 5.26 Å². The van der Waals surface area contributed by atoms with Crippen molar-refractivity contribution in [3.8, 4) is 6.07 Å². The van der Waals surface area contributed by atoms with E-state index in [1.165, 1.54) is 54.6 Å². The zero-order valence-electron chi connectivity index (χ0n) is 14.4. The third kappa shape index (κ3) is 4.34. The van der Waals surface area contributed by atoms with Crippen LogP contribution in [-0.2, 0) is 10.0 Å². The molecule has 0 aliphatic carbocycles. The molecule has 0 aliphatic heterocycles. The van der Waals surface area contributed by atoms with Crippen LogP contribution in [0.2, 0.25) is 0 Å². The average Bonchev–Trinajstić information content (AvgIpc) is 2.68. The maximum Gasteiger partial charge on any atom is 0.261 e. The van der Waals surface area contributed by atoms with Crippen molar-refractivity contribution in [2.75, 3.05) is 10.0 Å². The molecule has 0 radical (unpaired) electrons. The molecule has 3 aromatic carbocycles. The summed E-state index contributed by atoms with van der Waals surface area (Å²) in [7, 11) is -4.02. The number of rotatable bonds is 5. The first-order valence-electron chi connectivity index (χ1n) is 8.08. The highest BCUT2D eigenvalue weighted by Gasteiger charge is 2.18. The summed E-state index contributed by atoms with van der Waals surface area (Å²) >= 11 is 0. The number of carbonyl (C=O) groups is 1. The topological polar surface area (TPSA) is 99.1 Å². The van der Waals surface area contributed by atoms with Gasteiger partial charge in [0.15, 0.2) is 0 Å². The molecule has 8 heteroatoms. The number of nitriles is 1. The minimum Gasteiger partial charge on any atom is -0.322 e. The van der Waals surface area contributed by atoms with Crippen LogP contribution in [0.4, 0.5) is 15.8 Å². The van der Waals surface area contributed by atoms with Crippen LogP contribution >= 0.6 is 0 Å². The lowest BCUT2D eigenvalue weighted by Crippen LogP contribution is -2.16. The fourth-order valence-electron chi connectivity index (χ4n) is 2.45. The Bertz CT molecular complexity index is 1190. The van der Waals surface area contributed by atoms with E-state index in [1.54, 1.807) is 12.1 Å². The van der Waals surface area contributed by atoms with Crippen molar-refractivity contribution in [1.29, 1.82) is 5.26 Å². The van der Waals surface area contributed by atoms with Crippen LogP contribution in [0.3, 0.4) is 0 Å². The summed E-state index contributed by atoms with van der Waals surface area (Å²) in [6.07, 6.45) is 0. The van der Waals surface area contributed by atoms with Gasteiger partial charge in [0.25, 0.3) is 15.9 Å². The van der Waals surface area contributed by atoms with Crippen LogP contribution < -0.4 is 10.0 Å². The van der Waals surface area contributed by atoms with Crippen LogP contribution in [0.15, 0.2) is 77.7 Å². The Morgan fingerprint density at radius 3 is 2.46 bits per heavy atom. The second-order valence-corrected chi connectivity index (χ2v) is 7.44. The molecule has 0 saturated heterocycles. The second-order valence-electron chi connectivity index (χ2n) is 5.76. The van der Waals surface area contributed by atoms with Gasteiger partial charge in [-0.2, -0.15) is 5.26 Å². The predicted molar refractivity (Wildman–Crippen MR) is 103 cm³/mol. The highest BCUT2D eigenvalue weighted by molar-refractivity contribution is 7.92. The minimum atomic E-state index is -4.02. The molecule has 0 saturated carbocycles. The van der Waals surface area contributed by atoms with Gasteiger partial charge in [0.1, 0.15) is 11.9 Å². The number of amides is 1. The SMILES string of the molecule is N#Cc1ccccc1NS(=O)(=O)c1cccc(C(=O)Nc2cccc(F)c2)c1. The van der Waals surface area contributed by atoms with Gasteiger partial charge in [-0.25, -0.2) is 12.8 Å². The number of sulfonamides is 1. The molecule has 140 valence electrons. The van der Waals surface area contributed by atoms with Gasteiger partial charge in [0.05, 0.1) is 16.1 Å². The third-order valence-electron chi connectivity index (χ3n) is 3.78. The van der Waals surface area contributed by atoms with E-state index in [1.807, 2.05) is 6.07 Å². The molecule has 1 amide bonds. The minimum absolute atomic E-state index is 0.0840. The van der Waals surface area contributed by atoms with Gasteiger partial charge < -0.3 is 5.32 Å². The van der Waals surface area contributed by atoms with E-state index in [-0.39, 0.29) is 27.4 Å². The molecule has 0 spiro atoms. The van der Waals surface area contributed by atoms with Crippen LogP contribution in [0, 0.1) is 17.1 Å². The molecule has 0 aliphatic rings. The average molecular weight is 395 g/mol. The van der Waals surface area contributed by atoms with Crippen molar-refractivity contribution >= 4 is 27.3 Å². The molecule has 6 nitrogen and oxygen atoms in total. The molecular weight excluding hydrogens is 381 g/mol. The summed E-state index contributed by atoms with van der Waals surface area (Å²) in [6, 6.07) is 18.8. The van der Waals surface area contributed by atoms with Gasteiger partial charge in [-0.05, 0) is 48.5 Å². The van der Waals surface area contributed by atoms with E-state index >= 15 is 0 Å². The maximum atomic E-state index is 13.2.